The zero-order chi connectivity index (χ0) is 13.0. The lowest BCUT2D eigenvalue weighted by atomic mass is 10.2. The Hall–Kier alpha value is -2.14. The number of aliphatic hydroxyl groups is 1. The number of urea groups is 1. The fourth-order valence-corrected chi connectivity index (χ4v) is 1.63. The molecule has 0 bridgehead atoms. The first-order chi connectivity index (χ1) is 8.70. The molecule has 1 aromatic heterocycles. The monoisotopic (exact) mass is 245 g/mol. The van der Waals surface area contributed by atoms with Crippen LogP contribution in [0.15, 0.2) is 36.5 Å². The van der Waals surface area contributed by atoms with Crippen molar-refractivity contribution in [3.8, 4) is 0 Å². The van der Waals surface area contributed by atoms with Gasteiger partial charge in [0, 0.05) is 11.6 Å². The van der Waals surface area contributed by atoms with E-state index in [1.807, 2.05) is 24.3 Å². The minimum atomic E-state index is -0.352. The molecule has 0 saturated heterocycles. The van der Waals surface area contributed by atoms with Crippen molar-refractivity contribution in [2.75, 3.05) is 11.9 Å². The Labute approximate surface area is 105 Å². The van der Waals surface area contributed by atoms with Crippen LogP contribution in [0.5, 0.6) is 0 Å². The highest BCUT2D eigenvalue weighted by molar-refractivity contribution is 5.99. The van der Waals surface area contributed by atoms with Crippen molar-refractivity contribution >= 4 is 22.6 Å². The molecule has 18 heavy (non-hydrogen) atoms. The number of hydrogen-bond acceptors (Lipinski definition) is 3. The molecule has 0 fully saturated rings. The molecule has 5 heteroatoms. The van der Waals surface area contributed by atoms with Crippen LogP contribution in [0, 0.1) is 0 Å². The number of fused-ring (bicyclic) bond motifs is 1. The van der Waals surface area contributed by atoms with E-state index >= 15 is 0 Å². The molecule has 2 rings (SSSR count). The first kappa shape index (κ1) is 12.3. The van der Waals surface area contributed by atoms with Gasteiger partial charge in [0.2, 0.25) is 0 Å². The maximum Gasteiger partial charge on any atom is 0.319 e. The van der Waals surface area contributed by atoms with Crippen LogP contribution in [0.1, 0.15) is 6.92 Å². The molecule has 5 nitrogen and oxygen atoms in total. The van der Waals surface area contributed by atoms with Gasteiger partial charge in [-0.1, -0.05) is 18.2 Å². The molecule has 0 aliphatic carbocycles. The van der Waals surface area contributed by atoms with Crippen molar-refractivity contribution in [3.63, 3.8) is 0 Å². The van der Waals surface area contributed by atoms with Gasteiger partial charge in [-0.15, -0.1) is 0 Å². The molecule has 0 aliphatic rings. The summed E-state index contributed by atoms with van der Waals surface area (Å²) in [6.45, 7) is 1.63. The minimum Gasteiger partial charge on any atom is -0.394 e. The summed E-state index contributed by atoms with van der Waals surface area (Å²) in [6, 6.07) is 8.72. The van der Waals surface area contributed by atoms with Crippen LogP contribution in [0.2, 0.25) is 0 Å². The van der Waals surface area contributed by atoms with Crippen molar-refractivity contribution in [2.45, 2.75) is 13.0 Å². The molecule has 3 N–H and O–H groups in total. The van der Waals surface area contributed by atoms with Crippen LogP contribution in [-0.2, 0) is 0 Å². The molecule has 2 amide bonds. The molecule has 2 aromatic rings. The Morgan fingerprint density at radius 2 is 2.17 bits per heavy atom. The molecule has 0 aliphatic heterocycles. The molecule has 0 spiro atoms. The largest absolute Gasteiger partial charge is 0.394 e. The number of benzene rings is 1. The summed E-state index contributed by atoms with van der Waals surface area (Å²) in [6.07, 6.45) is 1.68. The lowest BCUT2D eigenvalue weighted by molar-refractivity contribution is 0.229. The number of nitrogens with zero attached hydrogens (tertiary/aromatic N) is 1. The van der Waals surface area contributed by atoms with Gasteiger partial charge in [0.25, 0.3) is 0 Å². The molecule has 94 valence electrons. The number of anilines is 1. The second-order valence-electron chi connectivity index (χ2n) is 4.06. The van der Waals surface area contributed by atoms with Crippen molar-refractivity contribution in [1.29, 1.82) is 0 Å². The summed E-state index contributed by atoms with van der Waals surface area (Å²) in [5, 5.41) is 15.2. The van der Waals surface area contributed by atoms with E-state index in [2.05, 4.69) is 15.6 Å². The number of para-hydroxylation sites is 1. The summed E-state index contributed by atoms with van der Waals surface area (Å²) in [5.74, 6) is 0. The highest BCUT2D eigenvalue weighted by Gasteiger charge is 2.08. The van der Waals surface area contributed by atoms with E-state index in [1.54, 1.807) is 19.2 Å². The third-order valence-corrected chi connectivity index (χ3v) is 2.53. The van der Waals surface area contributed by atoms with Gasteiger partial charge in [-0.2, -0.15) is 0 Å². The van der Waals surface area contributed by atoms with E-state index in [0.29, 0.717) is 5.69 Å². The number of carbonyl (C=O) groups excluding carboxylic acids is 1. The predicted octanol–water partition coefficient (Wildman–Crippen LogP) is 1.74. The quantitative estimate of drug-likeness (QED) is 0.771. The number of hydrogen-bond donors (Lipinski definition) is 3. The third-order valence-electron chi connectivity index (χ3n) is 2.53. The average Bonchev–Trinajstić information content (AvgIpc) is 2.39. The van der Waals surface area contributed by atoms with Gasteiger partial charge >= 0.3 is 6.03 Å². The topological polar surface area (TPSA) is 74.2 Å². The zero-order valence-corrected chi connectivity index (χ0v) is 10.1. The number of aliphatic hydroxyl groups excluding tert-OH is 1. The number of amides is 2. The zero-order valence-electron chi connectivity index (χ0n) is 10.1. The smallest absolute Gasteiger partial charge is 0.319 e. The van der Waals surface area contributed by atoms with Crippen molar-refractivity contribution < 1.29 is 9.90 Å². The summed E-state index contributed by atoms with van der Waals surface area (Å²) in [5.41, 5.74) is 1.39. The first-order valence-electron chi connectivity index (χ1n) is 5.73. The van der Waals surface area contributed by atoms with Crippen molar-refractivity contribution in [2.24, 2.45) is 0 Å². The van der Waals surface area contributed by atoms with Gasteiger partial charge in [-0.25, -0.2) is 4.79 Å². The normalized spacial score (nSPS) is 12.1. The number of carbonyl (C=O) groups is 1. The fourth-order valence-electron chi connectivity index (χ4n) is 1.63. The van der Waals surface area contributed by atoms with E-state index in [0.717, 1.165) is 10.9 Å². The maximum absolute atomic E-state index is 11.7. The summed E-state index contributed by atoms with van der Waals surface area (Å²) < 4.78 is 0. The molecule has 1 heterocycles. The highest BCUT2D eigenvalue weighted by Crippen LogP contribution is 2.20. The highest BCUT2D eigenvalue weighted by atomic mass is 16.3. The number of rotatable bonds is 3. The van der Waals surface area contributed by atoms with Gasteiger partial charge in [0.05, 0.1) is 23.9 Å². The molecular formula is C13H15N3O2. The van der Waals surface area contributed by atoms with Crippen LogP contribution in [0.4, 0.5) is 10.5 Å². The Balaban J connectivity index is 2.19. The Morgan fingerprint density at radius 3 is 2.94 bits per heavy atom. The maximum atomic E-state index is 11.7. The number of pyridine rings is 1. The standard InChI is InChI=1S/C13H15N3O2/c1-9(8-17)15-13(18)16-11-6-2-4-10-5-3-7-14-12(10)11/h2-7,9,17H,8H2,1H3,(H2,15,16,18)/t9-/m0/s1. The minimum absolute atomic E-state index is 0.0960. The number of aromatic nitrogens is 1. The first-order valence-corrected chi connectivity index (χ1v) is 5.73. The van der Waals surface area contributed by atoms with Crippen LogP contribution < -0.4 is 10.6 Å². The summed E-state index contributed by atoms with van der Waals surface area (Å²) >= 11 is 0. The average molecular weight is 245 g/mol. The van der Waals surface area contributed by atoms with Crippen LogP contribution in [-0.4, -0.2) is 28.8 Å². The van der Waals surface area contributed by atoms with Gasteiger partial charge in [-0.05, 0) is 19.1 Å². The predicted molar refractivity (Wildman–Crippen MR) is 70.4 cm³/mol. The van der Waals surface area contributed by atoms with E-state index in [4.69, 9.17) is 5.11 Å². The van der Waals surface area contributed by atoms with Gasteiger partial charge in [0.15, 0.2) is 0 Å². The van der Waals surface area contributed by atoms with Crippen molar-refractivity contribution in [1.82, 2.24) is 10.3 Å². The van der Waals surface area contributed by atoms with Crippen LogP contribution in [0.25, 0.3) is 10.9 Å². The Kier molecular flexibility index (Phi) is 3.74. The number of nitrogens with one attached hydrogen (secondary N) is 2. The second-order valence-corrected chi connectivity index (χ2v) is 4.06. The lowest BCUT2D eigenvalue weighted by Crippen LogP contribution is -2.38. The van der Waals surface area contributed by atoms with E-state index in [9.17, 15) is 4.79 Å². The van der Waals surface area contributed by atoms with Crippen LogP contribution in [0.3, 0.4) is 0 Å². The molecular weight excluding hydrogens is 230 g/mol. The molecule has 1 atom stereocenters. The second kappa shape index (κ2) is 5.46. The van der Waals surface area contributed by atoms with Crippen molar-refractivity contribution in [3.05, 3.63) is 36.5 Å². The van der Waals surface area contributed by atoms with Gasteiger partial charge in [0.1, 0.15) is 0 Å². The van der Waals surface area contributed by atoms with Crippen LogP contribution >= 0.6 is 0 Å². The SMILES string of the molecule is C[C@@H](CO)NC(=O)Nc1cccc2cccnc12. The van der Waals surface area contributed by atoms with Gasteiger partial charge < -0.3 is 15.7 Å². The fraction of sp³-hybridized carbons (Fsp3) is 0.231. The van der Waals surface area contributed by atoms with E-state index in [-0.39, 0.29) is 18.7 Å². The summed E-state index contributed by atoms with van der Waals surface area (Å²) in [4.78, 5) is 15.9. The van der Waals surface area contributed by atoms with Gasteiger partial charge in [-0.3, -0.25) is 4.98 Å². The lowest BCUT2D eigenvalue weighted by Gasteiger charge is -2.12. The molecule has 0 radical (unpaired) electrons. The van der Waals surface area contributed by atoms with E-state index in [1.165, 1.54) is 0 Å². The summed E-state index contributed by atoms with van der Waals surface area (Å²) in [7, 11) is 0. The molecule has 1 aromatic carbocycles. The third kappa shape index (κ3) is 2.75. The Bertz CT molecular complexity index is 551. The molecule has 0 saturated carbocycles. The Morgan fingerprint density at radius 1 is 1.39 bits per heavy atom. The van der Waals surface area contributed by atoms with E-state index < -0.39 is 0 Å². The molecule has 0 unspecified atom stereocenters.